The number of carbonyl (C=O) groups is 4. The Morgan fingerprint density at radius 2 is 0.608 bits per heavy atom. The molecule has 25 nitrogen and oxygen atoms in total. The Balaban J connectivity index is 1.49. The molecule has 292 valence electrons. The zero-order valence-electron chi connectivity index (χ0n) is 26.4. The number of hydrogen-bond acceptors (Lipinski definition) is 25. The summed E-state index contributed by atoms with van der Waals surface area (Å²) in [7, 11) is 2.22. The minimum atomic E-state index is -2.19. The van der Waals surface area contributed by atoms with Gasteiger partial charge in [0.2, 0.25) is 25.2 Å². The molecular weight excluding hydrogens is 712 g/mol. The standard InChI is InChI=1S/C26H38O25/c1-39-15-7(31)12(36)20(49-23(15)41-3-27)46-17-9(33)14(38)22(51-25(17)43-5-29)47-18-10(34)13(37)21(50-26(18)44-6-30)45-16-8(32)11(35)19(40-2)48-24(16)42-4-28/h3-26,31-38H,1-2H3/t7-,8?,9?,10+,11?,12?,13?,14?,15-,16-,17-,18-,19+,20+,21+,22+,23?,24+,25+,26?/m0/s1. The van der Waals surface area contributed by atoms with Gasteiger partial charge in [-0.15, -0.1) is 0 Å². The Morgan fingerprint density at radius 1 is 0.353 bits per heavy atom. The van der Waals surface area contributed by atoms with Crippen LogP contribution in [-0.4, -0.2) is 205 Å². The largest absolute Gasteiger partial charge is 0.435 e. The minimum absolute atomic E-state index is 0.0506. The molecular formula is C26H38O25. The van der Waals surface area contributed by atoms with Gasteiger partial charge in [0.05, 0.1) is 0 Å². The number of aliphatic hydroxyl groups excluding tert-OH is 8. The second kappa shape index (κ2) is 18.3. The van der Waals surface area contributed by atoms with Crippen LogP contribution in [0, 0.1) is 0 Å². The average Bonchev–Trinajstić information content (AvgIpc) is 3.11. The van der Waals surface area contributed by atoms with Crippen LogP contribution in [0.25, 0.3) is 0 Å². The molecule has 0 aliphatic carbocycles. The third-order valence-electron chi connectivity index (χ3n) is 8.14. The molecule has 0 radical (unpaired) electrons. The van der Waals surface area contributed by atoms with Gasteiger partial charge in [0, 0.05) is 14.2 Å². The summed E-state index contributed by atoms with van der Waals surface area (Å²) in [6.07, 6.45) is -38.3. The normalized spacial score (nSPS) is 47.4. The van der Waals surface area contributed by atoms with Crippen molar-refractivity contribution >= 4 is 25.9 Å². The third kappa shape index (κ3) is 8.71. The van der Waals surface area contributed by atoms with Crippen molar-refractivity contribution in [2.24, 2.45) is 0 Å². The van der Waals surface area contributed by atoms with Gasteiger partial charge in [-0.05, 0) is 0 Å². The number of hydrogen-bond donors (Lipinski definition) is 8. The monoisotopic (exact) mass is 750 g/mol. The lowest BCUT2D eigenvalue weighted by Crippen LogP contribution is -2.67. The van der Waals surface area contributed by atoms with E-state index in [2.05, 4.69) is 0 Å². The highest BCUT2D eigenvalue weighted by Crippen LogP contribution is 2.35. The van der Waals surface area contributed by atoms with Crippen LogP contribution >= 0.6 is 0 Å². The van der Waals surface area contributed by atoms with Crippen LogP contribution in [0.3, 0.4) is 0 Å². The molecule has 0 aromatic heterocycles. The zero-order chi connectivity index (χ0) is 37.6. The van der Waals surface area contributed by atoms with E-state index in [1.54, 1.807) is 0 Å². The molecule has 51 heavy (non-hydrogen) atoms. The third-order valence-corrected chi connectivity index (χ3v) is 8.14. The first kappa shape index (κ1) is 41.0. The van der Waals surface area contributed by atoms with Gasteiger partial charge in [-0.2, -0.15) is 0 Å². The Kier molecular flexibility index (Phi) is 14.7. The van der Waals surface area contributed by atoms with Crippen LogP contribution < -0.4 is 0 Å². The minimum Gasteiger partial charge on any atom is -0.435 e. The quantitative estimate of drug-likeness (QED) is 0.0536. The molecule has 4 heterocycles. The van der Waals surface area contributed by atoms with Crippen molar-refractivity contribution in [1.29, 1.82) is 0 Å². The van der Waals surface area contributed by atoms with Gasteiger partial charge < -0.3 is 102 Å². The molecule has 0 spiro atoms. The van der Waals surface area contributed by atoms with Crippen LogP contribution in [0.4, 0.5) is 0 Å². The van der Waals surface area contributed by atoms with Gasteiger partial charge in [-0.1, -0.05) is 0 Å². The molecule has 4 saturated heterocycles. The van der Waals surface area contributed by atoms with Gasteiger partial charge in [0.15, 0.2) is 43.5 Å². The van der Waals surface area contributed by atoms with Gasteiger partial charge >= 0.3 is 0 Å². The summed E-state index contributed by atoms with van der Waals surface area (Å²) in [5, 5.41) is 85.5. The summed E-state index contributed by atoms with van der Waals surface area (Å²) in [6, 6.07) is 0. The fourth-order valence-electron chi connectivity index (χ4n) is 5.56. The van der Waals surface area contributed by atoms with Gasteiger partial charge in [0.25, 0.3) is 25.9 Å². The lowest BCUT2D eigenvalue weighted by molar-refractivity contribution is -0.422. The van der Waals surface area contributed by atoms with Crippen molar-refractivity contribution in [1.82, 2.24) is 0 Å². The van der Waals surface area contributed by atoms with E-state index >= 15 is 0 Å². The van der Waals surface area contributed by atoms with Crippen LogP contribution in [0.15, 0.2) is 0 Å². The van der Waals surface area contributed by atoms with E-state index < -0.39 is 124 Å². The molecule has 4 rings (SSSR count). The lowest BCUT2D eigenvalue weighted by Gasteiger charge is -2.48. The topological polar surface area (TPSA) is 350 Å². The summed E-state index contributed by atoms with van der Waals surface area (Å²) >= 11 is 0. The summed E-state index contributed by atoms with van der Waals surface area (Å²) in [5.74, 6) is 0. The molecule has 0 bridgehead atoms. The van der Waals surface area contributed by atoms with Crippen molar-refractivity contribution in [2.75, 3.05) is 14.2 Å². The smallest absolute Gasteiger partial charge is 0.295 e. The molecule has 0 saturated carbocycles. The van der Waals surface area contributed by atoms with E-state index in [1.165, 1.54) is 0 Å². The fraction of sp³-hybridized carbons (Fsp3) is 0.846. The van der Waals surface area contributed by atoms with Gasteiger partial charge in [0.1, 0.15) is 54.9 Å². The highest BCUT2D eigenvalue weighted by molar-refractivity contribution is 5.38. The number of rotatable bonds is 16. The SMILES string of the molecule is CO[C@@H]1O[C@@H](OC=O)[C@@H](O[C@@H]2OC(OC=O)[C@@H](O[C@@H]3O[C@@H](OC=O)[C@@H](O[C@@H]4OC(OC=O)[C@@H](OC)[C@@H](O)C4O)C(O)C3O)[C@H](O)C2O)C(O)C1O. The van der Waals surface area contributed by atoms with Crippen LogP contribution in [0.1, 0.15) is 0 Å². The van der Waals surface area contributed by atoms with E-state index in [1.807, 2.05) is 0 Å². The Morgan fingerprint density at radius 3 is 0.882 bits per heavy atom. The molecule has 8 unspecified atom stereocenters. The van der Waals surface area contributed by atoms with Crippen molar-refractivity contribution in [3.63, 3.8) is 0 Å². The van der Waals surface area contributed by atoms with Crippen LogP contribution in [-0.2, 0) is 80.8 Å². The number of methoxy groups -OCH3 is 2. The Bertz CT molecular complexity index is 1130. The predicted octanol–water partition coefficient (Wildman–Crippen LogP) is -7.89. The van der Waals surface area contributed by atoms with E-state index in [0.29, 0.717) is 0 Å². The van der Waals surface area contributed by atoms with E-state index in [4.69, 9.17) is 61.6 Å². The highest BCUT2D eigenvalue weighted by atomic mass is 16.8. The number of aliphatic hydroxyl groups is 8. The first-order chi connectivity index (χ1) is 24.4. The summed E-state index contributed by atoms with van der Waals surface area (Å²) in [6.45, 7) is -0.488. The first-order valence-electron chi connectivity index (χ1n) is 14.8. The summed E-state index contributed by atoms with van der Waals surface area (Å²) in [4.78, 5) is 44.6. The van der Waals surface area contributed by atoms with Crippen molar-refractivity contribution in [2.45, 2.75) is 124 Å². The maximum absolute atomic E-state index is 11.3. The number of ether oxygens (including phenoxy) is 13. The van der Waals surface area contributed by atoms with E-state index in [9.17, 15) is 60.0 Å². The molecule has 4 fully saturated rings. The fourth-order valence-corrected chi connectivity index (χ4v) is 5.56. The molecule has 0 amide bonds. The molecule has 0 aromatic carbocycles. The van der Waals surface area contributed by atoms with Gasteiger partial charge in [-0.3, -0.25) is 19.2 Å². The molecule has 0 aromatic rings. The zero-order valence-corrected chi connectivity index (χ0v) is 26.4. The van der Waals surface area contributed by atoms with Crippen molar-refractivity contribution in [3.05, 3.63) is 0 Å². The van der Waals surface area contributed by atoms with Gasteiger partial charge in [-0.25, -0.2) is 0 Å². The van der Waals surface area contributed by atoms with E-state index in [-0.39, 0.29) is 25.9 Å². The van der Waals surface area contributed by atoms with Crippen molar-refractivity contribution in [3.8, 4) is 0 Å². The van der Waals surface area contributed by atoms with Crippen LogP contribution in [0.5, 0.6) is 0 Å². The molecule has 4 aliphatic rings. The Hall–Kier alpha value is -2.80. The summed E-state index contributed by atoms with van der Waals surface area (Å²) < 4.78 is 66.6. The van der Waals surface area contributed by atoms with E-state index in [0.717, 1.165) is 14.2 Å². The summed E-state index contributed by atoms with van der Waals surface area (Å²) in [5.41, 5.74) is 0. The predicted molar refractivity (Wildman–Crippen MR) is 144 cm³/mol. The Labute approximate surface area is 285 Å². The highest BCUT2D eigenvalue weighted by Gasteiger charge is 2.57. The van der Waals surface area contributed by atoms with Crippen LogP contribution in [0.2, 0.25) is 0 Å². The molecule has 20 atom stereocenters. The molecule has 25 heteroatoms. The second-order valence-electron chi connectivity index (χ2n) is 11.1. The lowest BCUT2D eigenvalue weighted by atomic mass is 10.00. The first-order valence-corrected chi connectivity index (χ1v) is 14.8. The molecule has 4 aliphatic heterocycles. The average molecular weight is 751 g/mol. The maximum atomic E-state index is 11.3. The van der Waals surface area contributed by atoms with Crippen molar-refractivity contribution < 1.29 is 122 Å². The second-order valence-corrected chi connectivity index (χ2v) is 11.1. The maximum Gasteiger partial charge on any atom is 0.295 e. The number of carbonyl (C=O) groups excluding carboxylic acids is 4. The molecule has 8 N–H and O–H groups in total.